The molecule has 19 heavy (non-hydrogen) atoms. The van der Waals surface area contributed by atoms with E-state index in [1.54, 1.807) is 4.90 Å². The van der Waals surface area contributed by atoms with Gasteiger partial charge in [0.2, 0.25) is 5.91 Å². The molecule has 0 N–H and O–H groups in total. The van der Waals surface area contributed by atoms with Crippen LogP contribution in [0.25, 0.3) is 0 Å². The van der Waals surface area contributed by atoms with Crippen LogP contribution in [0.4, 0.5) is 0 Å². The molecule has 0 aliphatic heterocycles. The van der Waals surface area contributed by atoms with Crippen molar-refractivity contribution in [3.8, 4) is 6.07 Å². The molecule has 0 spiro atoms. The molecule has 1 aromatic carbocycles. The minimum Gasteiger partial charge on any atom is -0.341 e. The van der Waals surface area contributed by atoms with Crippen molar-refractivity contribution in [3.63, 3.8) is 0 Å². The summed E-state index contributed by atoms with van der Waals surface area (Å²) in [5.74, 6) is 0.522. The fourth-order valence-electron chi connectivity index (χ4n) is 1.94. The second-order valence-electron chi connectivity index (χ2n) is 5.30. The van der Waals surface area contributed by atoms with E-state index in [2.05, 4.69) is 19.9 Å². The lowest BCUT2D eigenvalue weighted by atomic mass is 10.1. The van der Waals surface area contributed by atoms with Crippen molar-refractivity contribution in [2.45, 2.75) is 33.6 Å². The summed E-state index contributed by atoms with van der Waals surface area (Å²) >= 11 is 0. The van der Waals surface area contributed by atoms with Gasteiger partial charge < -0.3 is 4.90 Å². The first-order valence-electron chi connectivity index (χ1n) is 6.73. The first-order chi connectivity index (χ1) is 9.02. The maximum absolute atomic E-state index is 12.3. The van der Waals surface area contributed by atoms with Crippen molar-refractivity contribution in [2.24, 2.45) is 5.92 Å². The topological polar surface area (TPSA) is 44.1 Å². The molecule has 1 amide bonds. The number of hydrogen-bond donors (Lipinski definition) is 0. The van der Waals surface area contributed by atoms with Gasteiger partial charge in [0.05, 0.1) is 18.9 Å². The number of nitriles is 1. The third kappa shape index (κ3) is 5.56. The van der Waals surface area contributed by atoms with E-state index >= 15 is 0 Å². The Hall–Kier alpha value is -1.82. The predicted molar refractivity (Wildman–Crippen MR) is 76.5 cm³/mol. The van der Waals surface area contributed by atoms with E-state index in [4.69, 9.17) is 5.26 Å². The highest BCUT2D eigenvalue weighted by atomic mass is 16.2. The van der Waals surface area contributed by atoms with Crippen LogP contribution >= 0.6 is 0 Å². The lowest BCUT2D eigenvalue weighted by Crippen LogP contribution is -2.36. The number of aryl methyl sites for hydroxylation is 1. The molecule has 0 saturated carbocycles. The Morgan fingerprint density at radius 1 is 1.32 bits per heavy atom. The van der Waals surface area contributed by atoms with E-state index < -0.39 is 0 Å². The molecule has 0 radical (unpaired) electrons. The molecule has 0 bridgehead atoms. The van der Waals surface area contributed by atoms with Gasteiger partial charge in [0.25, 0.3) is 0 Å². The highest BCUT2D eigenvalue weighted by molar-refractivity contribution is 5.78. The van der Waals surface area contributed by atoms with E-state index in [0.717, 1.165) is 5.56 Å². The second kappa shape index (κ2) is 7.58. The summed E-state index contributed by atoms with van der Waals surface area (Å²) in [7, 11) is 0. The standard InChI is InChI=1S/C16H22N2O/c1-13(2)12-18(10-4-9-17)16(19)11-15-7-5-14(3)6-8-15/h5-8,13H,4,10-12H2,1-3H3. The van der Waals surface area contributed by atoms with Crippen LogP contribution in [-0.2, 0) is 11.2 Å². The van der Waals surface area contributed by atoms with E-state index in [0.29, 0.717) is 31.8 Å². The minimum absolute atomic E-state index is 0.104. The monoisotopic (exact) mass is 258 g/mol. The SMILES string of the molecule is Cc1ccc(CC(=O)N(CCC#N)CC(C)C)cc1. The first-order valence-corrected chi connectivity index (χ1v) is 6.73. The molecule has 102 valence electrons. The molecular formula is C16H22N2O. The molecular weight excluding hydrogens is 236 g/mol. The molecule has 0 heterocycles. The zero-order valence-electron chi connectivity index (χ0n) is 12.0. The van der Waals surface area contributed by atoms with Crippen molar-refractivity contribution in [2.75, 3.05) is 13.1 Å². The second-order valence-corrected chi connectivity index (χ2v) is 5.30. The van der Waals surface area contributed by atoms with Crippen LogP contribution in [0.15, 0.2) is 24.3 Å². The third-order valence-electron chi connectivity index (χ3n) is 2.91. The van der Waals surface area contributed by atoms with Gasteiger partial charge in [-0.15, -0.1) is 0 Å². The minimum atomic E-state index is 0.104. The van der Waals surface area contributed by atoms with Crippen molar-refractivity contribution in [1.82, 2.24) is 4.90 Å². The van der Waals surface area contributed by atoms with Gasteiger partial charge in [0.1, 0.15) is 0 Å². The van der Waals surface area contributed by atoms with E-state index in [1.807, 2.05) is 31.2 Å². The molecule has 3 nitrogen and oxygen atoms in total. The van der Waals surface area contributed by atoms with Gasteiger partial charge >= 0.3 is 0 Å². The largest absolute Gasteiger partial charge is 0.341 e. The van der Waals surface area contributed by atoms with Gasteiger partial charge in [-0.3, -0.25) is 4.79 Å². The van der Waals surface area contributed by atoms with Crippen LogP contribution in [0.1, 0.15) is 31.4 Å². The normalized spacial score (nSPS) is 10.3. The van der Waals surface area contributed by atoms with E-state index in [-0.39, 0.29) is 5.91 Å². The van der Waals surface area contributed by atoms with Gasteiger partial charge in [-0.1, -0.05) is 43.7 Å². The fraction of sp³-hybridized carbons (Fsp3) is 0.500. The highest BCUT2D eigenvalue weighted by Crippen LogP contribution is 2.08. The third-order valence-corrected chi connectivity index (χ3v) is 2.91. The Kier molecular flexibility index (Phi) is 6.08. The average molecular weight is 258 g/mol. The Morgan fingerprint density at radius 3 is 2.47 bits per heavy atom. The summed E-state index contributed by atoms with van der Waals surface area (Å²) in [5, 5.41) is 8.66. The zero-order valence-corrected chi connectivity index (χ0v) is 12.0. The van der Waals surface area contributed by atoms with Crippen molar-refractivity contribution >= 4 is 5.91 Å². The Labute approximate surface area is 115 Å². The number of nitrogens with zero attached hydrogens (tertiary/aromatic N) is 2. The molecule has 0 aliphatic rings. The summed E-state index contributed by atoms with van der Waals surface area (Å²) in [6.45, 7) is 7.44. The zero-order chi connectivity index (χ0) is 14.3. The Bertz CT molecular complexity index is 443. The van der Waals surface area contributed by atoms with Crippen molar-refractivity contribution in [1.29, 1.82) is 5.26 Å². The molecule has 0 fully saturated rings. The molecule has 3 heteroatoms. The highest BCUT2D eigenvalue weighted by Gasteiger charge is 2.14. The molecule has 0 aliphatic carbocycles. The van der Waals surface area contributed by atoms with Crippen molar-refractivity contribution < 1.29 is 4.79 Å². The maximum atomic E-state index is 12.3. The van der Waals surface area contributed by atoms with Gasteiger partial charge in [-0.25, -0.2) is 0 Å². The molecule has 1 aromatic rings. The Morgan fingerprint density at radius 2 is 1.95 bits per heavy atom. The molecule has 0 atom stereocenters. The first kappa shape index (κ1) is 15.2. The summed E-state index contributed by atoms with van der Waals surface area (Å²) in [6, 6.07) is 10.1. The average Bonchev–Trinajstić information content (AvgIpc) is 2.36. The van der Waals surface area contributed by atoms with E-state index in [9.17, 15) is 4.79 Å². The number of rotatable bonds is 6. The van der Waals surface area contributed by atoms with Gasteiger partial charge in [0.15, 0.2) is 0 Å². The van der Waals surface area contributed by atoms with Crippen LogP contribution in [-0.4, -0.2) is 23.9 Å². The molecule has 1 rings (SSSR count). The maximum Gasteiger partial charge on any atom is 0.227 e. The van der Waals surface area contributed by atoms with Gasteiger partial charge in [-0.2, -0.15) is 5.26 Å². The molecule has 0 saturated heterocycles. The summed E-state index contributed by atoms with van der Waals surface area (Å²) < 4.78 is 0. The number of hydrogen-bond acceptors (Lipinski definition) is 2. The van der Waals surface area contributed by atoms with Crippen LogP contribution in [0.2, 0.25) is 0 Å². The predicted octanol–water partition coefficient (Wildman–Crippen LogP) is 2.94. The van der Waals surface area contributed by atoms with Crippen LogP contribution in [0.5, 0.6) is 0 Å². The van der Waals surface area contributed by atoms with E-state index in [1.165, 1.54) is 5.56 Å². The van der Waals surface area contributed by atoms with Crippen molar-refractivity contribution in [3.05, 3.63) is 35.4 Å². The van der Waals surface area contributed by atoms with Crippen LogP contribution < -0.4 is 0 Å². The number of benzene rings is 1. The molecule has 0 aromatic heterocycles. The van der Waals surface area contributed by atoms with Gasteiger partial charge in [-0.05, 0) is 18.4 Å². The quantitative estimate of drug-likeness (QED) is 0.787. The lowest BCUT2D eigenvalue weighted by molar-refractivity contribution is -0.130. The summed E-state index contributed by atoms with van der Waals surface area (Å²) in [4.78, 5) is 14.1. The molecule has 0 unspecified atom stereocenters. The Balaban J connectivity index is 2.65. The number of amides is 1. The summed E-state index contributed by atoms with van der Waals surface area (Å²) in [6.07, 6.45) is 0.810. The number of carbonyl (C=O) groups is 1. The van der Waals surface area contributed by atoms with Gasteiger partial charge in [0, 0.05) is 13.1 Å². The summed E-state index contributed by atoms with van der Waals surface area (Å²) in [5.41, 5.74) is 2.22. The van der Waals surface area contributed by atoms with Crippen LogP contribution in [0, 0.1) is 24.2 Å². The smallest absolute Gasteiger partial charge is 0.227 e. The van der Waals surface area contributed by atoms with Crippen LogP contribution in [0.3, 0.4) is 0 Å². The lowest BCUT2D eigenvalue weighted by Gasteiger charge is -2.23. The number of carbonyl (C=O) groups excluding carboxylic acids is 1. The fourth-order valence-corrected chi connectivity index (χ4v) is 1.94.